The zero-order valence-electron chi connectivity index (χ0n) is 9.26. The first-order valence-electron chi connectivity index (χ1n) is 4.86. The molecular weight excluding hydrogens is 299 g/mol. The predicted molar refractivity (Wildman–Crippen MR) is 72.0 cm³/mol. The zero-order valence-corrected chi connectivity index (χ0v) is 11.4. The molecule has 0 amide bonds. The van der Waals surface area contributed by atoms with E-state index < -0.39 is 0 Å². The van der Waals surface area contributed by atoms with Crippen LogP contribution in [0.25, 0.3) is 0 Å². The van der Waals surface area contributed by atoms with Gasteiger partial charge in [0.2, 0.25) is 0 Å². The van der Waals surface area contributed by atoms with Gasteiger partial charge < -0.3 is 5.32 Å². The first-order valence-corrected chi connectivity index (χ1v) is 5.94. The standard InChI is InChI=1S/C12H15IN2/c1-12(2,3)9-4-5-11(10(13)8-9)15-7-6-14/h4-5,8,15H,7H2,1-3H3. The number of nitriles is 1. The van der Waals surface area contributed by atoms with Gasteiger partial charge in [0.15, 0.2) is 0 Å². The van der Waals surface area contributed by atoms with E-state index in [-0.39, 0.29) is 5.41 Å². The van der Waals surface area contributed by atoms with Crippen LogP contribution < -0.4 is 5.32 Å². The van der Waals surface area contributed by atoms with Crippen molar-refractivity contribution < 1.29 is 0 Å². The normalized spacial score (nSPS) is 10.9. The lowest BCUT2D eigenvalue weighted by molar-refractivity contribution is 0.590. The Balaban J connectivity index is 2.94. The second-order valence-corrected chi connectivity index (χ2v) is 5.62. The van der Waals surface area contributed by atoms with Gasteiger partial charge in [0.25, 0.3) is 0 Å². The molecule has 1 aromatic carbocycles. The Labute approximate surface area is 105 Å². The molecule has 15 heavy (non-hydrogen) atoms. The van der Waals surface area contributed by atoms with Crippen LogP contribution in [0.1, 0.15) is 26.3 Å². The van der Waals surface area contributed by atoms with E-state index in [1.54, 1.807) is 0 Å². The van der Waals surface area contributed by atoms with Crippen LogP contribution in [0.5, 0.6) is 0 Å². The third kappa shape index (κ3) is 3.38. The molecule has 0 bridgehead atoms. The Morgan fingerprint density at radius 2 is 2.07 bits per heavy atom. The summed E-state index contributed by atoms with van der Waals surface area (Å²) in [6.45, 7) is 6.94. The van der Waals surface area contributed by atoms with Gasteiger partial charge in [-0.05, 0) is 45.7 Å². The van der Waals surface area contributed by atoms with E-state index in [4.69, 9.17) is 5.26 Å². The lowest BCUT2D eigenvalue weighted by Gasteiger charge is -2.20. The van der Waals surface area contributed by atoms with Crippen LogP contribution in [-0.4, -0.2) is 6.54 Å². The van der Waals surface area contributed by atoms with Gasteiger partial charge in [0.05, 0.1) is 6.07 Å². The molecule has 0 fully saturated rings. The molecule has 0 aliphatic carbocycles. The van der Waals surface area contributed by atoms with Gasteiger partial charge in [0, 0.05) is 9.26 Å². The van der Waals surface area contributed by atoms with Crippen molar-refractivity contribution in [1.82, 2.24) is 0 Å². The summed E-state index contributed by atoms with van der Waals surface area (Å²) in [6, 6.07) is 8.40. The molecule has 80 valence electrons. The highest BCUT2D eigenvalue weighted by Crippen LogP contribution is 2.27. The second-order valence-electron chi connectivity index (χ2n) is 4.46. The van der Waals surface area contributed by atoms with E-state index >= 15 is 0 Å². The molecule has 1 N–H and O–H groups in total. The summed E-state index contributed by atoms with van der Waals surface area (Å²) in [5.74, 6) is 0. The molecule has 0 aromatic heterocycles. The third-order valence-corrected chi connectivity index (χ3v) is 3.09. The fourth-order valence-electron chi connectivity index (χ4n) is 1.26. The Morgan fingerprint density at radius 3 is 2.53 bits per heavy atom. The summed E-state index contributed by atoms with van der Waals surface area (Å²) >= 11 is 2.29. The maximum atomic E-state index is 8.49. The van der Waals surface area contributed by atoms with E-state index in [1.807, 2.05) is 6.07 Å². The number of benzene rings is 1. The van der Waals surface area contributed by atoms with Crippen molar-refractivity contribution in [2.24, 2.45) is 0 Å². The van der Waals surface area contributed by atoms with Crippen LogP contribution in [0.4, 0.5) is 5.69 Å². The predicted octanol–water partition coefficient (Wildman–Crippen LogP) is 3.52. The van der Waals surface area contributed by atoms with E-state index in [1.165, 1.54) is 5.56 Å². The number of anilines is 1. The van der Waals surface area contributed by atoms with E-state index in [0.717, 1.165) is 9.26 Å². The van der Waals surface area contributed by atoms with Crippen molar-refractivity contribution >= 4 is 28.3 Å². The van der Waals surface area contributed by atoms with Crippen LogP contribution >= 0.6 is 22.6 Å². The Kier molecular flexibility index (Phi) is 3.97. The summed E-state index contributed by atoms with van der Waals surface area (Å²) in [5, 5.41) is 11.6. The highest BCUT2D eigenvalue weighted by atomic mass is 127. The van der Waals surface area contributed by atoms with Crippen molar-refractivity contribution in [2.75, 3.05) is 11.9 Å². The minimum atomic E-state index is 0.174. The number of nitrogens with one attached hydrogen (secondary N) is 1. The molecule has 0 aliphatic heterocycles. The van der Waals surface area contributed by atoms with Crippen molar-refractivity contribution in [3.63, 3.8) is 0 Å². The summed E-state index contributed by atoms with van der Waals surface area (Å²) in [6.07, 6.45) is 0. The Hall–Kier alpha value is -0.760. The molecule has 0 unspecified atom stereocenters. The van der Waals surface area contributed by atoms with Gasteiger partial charge in [-0.3, -0.25) is 0 Å². The molecule has 3 heteroatoms. The van der Waals surface area contributed by atoms with Crippen LogP contribution in [0.15, 0.2) is 18.2 Å². The number of hydrogen-bond acceptors (Lipinski definition) is 2. The van der Waals surface area contributed by atoms with Crippen LogP contribution in [0.3, 0.4) is 0 Å². The molecule has 0 radical (unpaired) electrons. The number of halogens is 1. The average Bonchev–Trinajstić information content (AvgIpc) is 2.14. The molecule has 0 saturated carbocycles. The minimum absolute atomic E-state index is 0.174. The van der Waals surface area contributed by atoms with E-state index in [2.05, 4.69) is 66.9 Å². The number of rotatable bonds is 2. The second kappa shape index (κ2) is 4.84. The smallest absolute Gasteiger partial charge is 0.103 e. The highest BCUT2D eigenvalue weighted by molar-refractivity contribution is 14.1. The summed E-state index contributed by atoms with van der Waals surface area (Å²) in [5.41, 5.74) is 2.52. The fraction of sp³-hybridized carbons (Fsp3) is 0.417. The molecule has 2 nitrogen and oxygen atoms in total. The van der Waals surface area contributed by atoms with Crippen molar-refractivity contribution in [2.45, 2.75) is 26.2 Å². The average molecular weight is 314 g/mol. The van der Waals surface area contributed by atoms with Crippen molar-refractivity contribution in [3.8, 4) is 6.07 Å². The Bertz CT molecular complexity index is 386. The molecule has 1 rings (SSSR count). The molecule has 0 heterocycles. The lowest BCUT2D eigenvalue weighted by Crippen LogP contribution is -2.11. The van der Waals surface area contributed by atoms with Gasteiger partial charge in [-0.15, -0.1) is 0 Å². The highest BCUT2D eigenvalue weighted by Gasteiger charge is 2.14. The lowest BCUT2D eigenvalue weighted by atomic mass is 9.87. The van der Waals surface area contributed by atoms with Crippen molar-refractivity contribution in [3.05, 3.63) is 27.3 Å². The first-order chi connectivity index (χ1) is 6.95. The molecular formula is C12H15IN2. The van der Waals surface area contributed by atoms with Gasteiger partial charge in [-0.2, -0.15) is 5.26 Å². The fourth-order valence-corrected chi connectivity index (χ4v) is 1.97. The zero-order chi connectivity index (χ0) is 11.5. The van der Waals surface area contributed by atoms with Gasteiger partial charge in [-0.25, -0.2) is 0 Å². The molecule has 0 spiro atoms. The van der Waals surface area contributed by atoms with E-state index in [0.29, 0.717) is 6.54 Å². The van der Waals surface area contributed by atoms with E-state index in [9.17, 15) is 0 Å². The van der Waals surface area contributed by atoms with Crippen molar-refractivity contribution in [1.29, 1.82) is 5.26 Å². The SMILES string of the molecule is CC(C)(C)c1ccc(NCC#N)c(I)c1. The molecule has 1 aromatic rings. The van der Waals surface area contributed by atoms with Gasteiger partial charge in [0.1, 0.15) is 6.54 Å². The maximum Gasteiger partial charge on any atom is 0.103 e. The van der Waals surface area contributed by atoms with Crippen LogP contribution in [0, 0.1) is 14.9 Å². The quantitative estimate of drug-likeness (QED) is 0.670. The third-order valence-electron chi connectivity index (χ3n) is 2.19. The first kappa shape index (κ1) is 12.3. The molecule has 0 atom stereocenters. The van der Waals surface area contributed by atoms with Gasteiger partial charge in [-0.1, -0.05) is 26.8 Å². The Morgan fingerprint density at radius 1 is 1.40 bits per heavy atom. The van der Waals surface area contributed by atoms with Crippen LogP contribution in [0.2, 0.25) is 0 Å². The monoisotopic (exact) mass is 314 g/mol. The molecule has 0 saturated heterocycles. The number of hydrogen-bond donors (Lipinski definition) is 1. The number of nitrogens with zero attached hydrogens (tertiary/aromatic N) is 1. The summed E-state index contributed by atoms with van der Waals surface area (Å²) < 4.78 is 1.16. The van der Waals surface area contributed by atoms with Gasteiger partial charge >= 0.3 is 0 Å². The summed E-state index contributed by atoms with van der Waals surface area (Å²) in [4.78, 5) is 0. The largest absolute Gasteiger partial charge is 0.371 e. The molecule has 0 aliphatic rings. The minimum Gasteiger partial charge on any atom is -0.371 e. The topological polar surface area (TPSA) is 35.8 Å². The summed E-state index contributed by atoms with van der Waals surface area (Å²) in [7, 11) is 0. The maximum absolute atomic E-state index is 8.49. The van der Waals surface area contributed by atoms with Crippen LogP contribution in [-0.2, 0) is 5.41 Å².